The zero-order chi connectivity index (χ0) is 13.3. The predicted molar refractivity (Wildman–Crippen MR) is 62.5 cm³/mol. The molecule has 0 N–H and O–H groups in total. The third kappa shape index (κ3) is 3.94. The normalized spacial score (nSPS) is 13.3. The molecule has 0 saturated heterocycles. The quantitative estimate of drug-likeness (QED) is 0.835. The van der Waals surface area contributed by atoms with Gasteiger partial charge in [0.25, 0.3) is 10.0 Å². The summed E-state index contributed by atoms with van der Waals surface area (Å²) in [5.41, 5.74) is 0. The van der Waals surface area contributed by atoms with Crippen molar-refractivity contribution >= 4 is 37.3 Å². The van der Waals surface area contributed by atoms with Crippen molar-refractivity contribution in [3.63, 3.8) is 0 Å². The van der Waals surface area contributed by atoms with Gasteiger partial charge in [0.2, 0.25) is 0 Å². The van der Waals surface area contributed by atoms with Gasteiger partial charge in [0, 0.05) is 18.1 Å². The highest BCUT2D eigenvalue weighted by Crippen LogP contribution is 2.30. The van der Waals surface area contributed by atoms with Crippen LogP contribution in [-0.2, 0) is 10.0 Å². The Balaban J connectivity index is 2.82. The van der Waals surface area contributed by atoms with E-state index in [1.807, 2.05) is 0 Å². The summed E-state index contributed by atoms with van der Waals surface area (Å²) in [6, 6.07) is 1.54. The Morgan fingerprint density at radius 3 is 2.47 bits per heavy atom. The van der Waals surface area contributed by atoms with E-state index in [1.54, 1.807) is 5.38 Å². The summed E-state index contributed by atoms with van der Waals surface area (Å²) < 4.78 is 60.8. The average Bonchev–Trinajstić information content (AvgIpc) is 2.60. The molecule has 0 fully saturated rings. The second-order valence-electron chi connectivity index (χ2n) is 3.25. The minimum absolute atomic E-state index is 0.0159. The molecular formula is C8H9BrF3NO2S2. The monoisotopic (exact) mass is 351 g/mol. The fourth-order valence-electron chi connectivity index (χ4n) is 1.01. The van der Waals surface area contributed by atoms with Gasteiger partial charge in [0.15, 0.2) is 0 Å². The van der Waals surface area contributed by atoms with Crippen LogP contribution in [0.3, 0.4) is 0 Å². The summed E-state index contributed by atoms with van der Waals surface area (Å²) in [5.74, 6) is 0. The second-order valence-corrected chi connectivity index (χ2v) is 7.26. The Hall–Kier alpha value is -0.120. The van der Waals surface area contributed by atoms with Gasteiger partial charge in [0.05, 0.1) is 6.42 Å². The number of halogens is 4. The van der Waals surface area contributed by atoms with Crippen molar-refractivity contribution in [3.8, 4) is 0 Å². The summed E-state index contributed by atoms with van der Waals surface area (Å²) in [4.78, 5) is 0. The molecule has 1 rings (SSSR count). The first-order chi connectivity index (χ1) is 7.64. The number of alkyl halides is 3. The van der Waals surface area contributed by atoms with Gasteiger partial charge < -0.3 is 0 Å². The van der Waals surface area contributed by atoms with Gasteiger partial charge >= 0.3 is 6.18 Å². The van der Waals surface area contributed by atoms with E-state index in [4.69, 9.17) is 0 Å². The Labute approximate surface area is 109 Å². The molecule has 0 aliphatic rings. The van der Waals surface area contributed by atoms with Gasteiger partial charge in [0.1, 0.15) is 4.21 Å². The van der Waals surface area contributed by atoms with Crippen LogP contribution < -0.4 is 0 Å². The molecule has 0 aliphatic heterocycles. The second kappa shape index (κ2) is 5.25. The molecule has 0 atom stereocenters. The predicted octanol–water partition coefficient (Wildman–Crippen LogP) is 3.08. The fourth-order valence-corrected chi connectivity index (χ4v) is 4.68. The largest absolute Gasteiger partial charge is 0.390 e. The van der Waals surface area contributed by atoms with Crippen molar-refractivity contribution in [1.82, 2.24) is 4.31 Å². The van der Waals surface area contributed by atoms with Crippen LogP contribution in [-0.4, -0.2) is 32.5 Å². The average molecular weight is 352 g/mol. The lowest BCUT2D eigenvalue weighted by molar-refractivity contribution is -0.135. The van der Waals surface area contributed by atoms with Crippen LogP contribution in [0, 0.1) is 0 Å². The molecular weight excluding hydrogens is 343 g/mol. The van der Waals surface area contributed by atoms with Crippen LogP contribution in [0.25, 0.3) is 0 Å². The highest BCUT2D eigenvalue weighted by atomic mass is 79.9. The van der Waals surface area contributed by atoms with E-state index in [9.17, 15) is 21.6 Å². The summed E-state index contributed by atoms with van der Waals surface area (Å²) >= 11 is 4.00. The van der Waals surface area contributed by atoms with Gasteiger partial charge in [-0.05, 0) is 27.4 Å². The first kappa shape index (κ1) is 14.9. The molecule has 0 unspecified atom stereocenters. The fraction of sp³-hybridized carbons (Fsp3) is 0.500. The lowest BCUT2D eigenvalue weighted by atomic mass is 10.4. The first-order valence-electron chi connectivity index (χ1n) is 4.40. The third-order valence-corrected chi connectivity index (χ3v) is 6.44. The van der Waals surface area contributed by atoms with Gasteiger partial charge in [-0.25, -0.2) is 8.42 Å². The van der Waals surface area contributed by atoms with E-state index < -0.39 is 29.2 Å². The van der Waals surface area contributed by atoms with Crippen molar-refractivity contribution in [2.45, 2.75) is 16.8 Å². The van der Waals surface area contributed by atoms with Gasteiger partial charge in [-0.15, -0.1) is 11.3 Å². The highest BCUT2D eigenvalue weighted by Gasteiger charge is 2.31. The van der Waals surface area contributed by atoms with Crippen LogP contribution in [0.15, 0.2) is 20.1 Å². The number of rotatable bonds is 4. The standard InChI is InChI=1S/C8H9BrF3NO2S2/c1-13(4-3-8(10,11)12)17(14,15)7-6(9)2-5-16-7/h2,5H,3-4H2,1H3. The zero-order valence-corrected chi connectivity index (χ0v) is 11.9. The summed E-state index contributed by atoms with van der Waals surface area (Å²) in [5, 5.41) is 1.55. The van der Waals surface area contributed by atoms with Crippen molar-refractivity contribution in [2.75, 3.05) is 13.6 Å². The van der Waals surface area contributed by atoms with Crippen LogP contribution in [0.4, 0.5) is 13.2 Å². The maximum absolute atomic E-state index is 12.0. The number of nitrogens with zero attached hydrogens (tertiary/aromatic N) is 1. The lowest BCUT2D eigenvalue weighted by Crippen LogP contribution is -2.30. The smallest absolute Gasteiger partial charge is 0.206 e. The molecule has 1 aromatic heterocycles. The van der Waals surface area contributed by atoms with Crippen molar-refractivity contribution in [2.24, 2.45) is 0 Å². The number of thiophene rings is 1. The minimum atomic E-state index is -4.36. The molecule has 9 heteroatoms. The van der Waals surface area contributed by atoms with Crippen LogP contribution >= 0.6 is 27.3 Å². The van der Waals surface area contributed by atoms with Crippen molar-refractivity contribution in [3.05, 3.63) is 15.9 Å². The molecule has 0 amide bonds. The van der Waals surface area contributed by atoms with E-state index in [2.05, 4.69) is 15.9 Å². The van der Waals surface area contributed by atoms with Gasteiger partial charge in [-0.1, -0.05) is 0 Å². The minimum Gasteiger partial charge on any atom is -0.206 e. The molecule has 98 valence electrons. The van der Waals surface area contributed by atoms with Gasteiger partial charge in [-0.3, -0.25) is 0 Å². The molecule has 0 saturated carbocycles. The Bertz CT molecular complexity index is 483. The Morgan fingerprint density at radius 1 is 1.47 bits per heavy atom. The topological polar surface area (TPSA) is 37.4 Å². The van der Waals surface area contributed by atoms with E-state index in [-0.39, 0.29) is 4.21 Å². The lowest BCUT2D eigenvalue weighted by Gasteiger charge is -2.17. The van der Waals surface area contributed by atoms with Crippen molar-refractivity contribution in [1.29, 1.82) is 0 Å². The van der Waals surface area contributed by atoms with E-state index in [1.165, 1.54) is 6.07 Å². The zero-order valence-electron chi connectivity index (χ0n) is 8.66. The molecule has 1 aromatic rings. The van der Waals surface area contributed by atoms with Crippen LogP contribution in [0.1, 0.15) is 6.42 Å². The summed E-state index contributed by atoms with van der Waals surface area (Å²) in [6.07, 6.45) is -5.53. The van der Waals surface area contributed by atoms with Crippen molar-refractivity contribution < 1.29 is 21.6 Å². The molecule has 17 heavy (non-hydrogen) atoms. The molecule has 3 nitrogen and oxygen atoms in total. The molecule has 0 radical (unpaired) electrons. The molecule has 0 bridgehead atoms. The van der Waals surface area contributed by atoms with E-state index in [0.717, 1.165) is 18.4 Å². The van der Waals surface area contributed by atoms with E-state index >= 15 is 0 Å². The highest BCUT2D eigenvalue weighted by molar-refractivity contribution is 9.10. The maximum atomic E-state index is 12.0. The summed E-state index contributed by atoms with van der Waals surface area (Å²) in [6.45, 7) is -0.587. The SMILES string of the molecule is CN(CCC(F)(F)F)S(=O)(=O)c1sccc1Br. The van der Waals surface area contributed by atoms with E-state index in [0.29, 0.717) is 8.78 Å². The molecule has 0 aliphatic carbocycles. The number of hydrogen-bond acceptors (Lipinski definition) is 3. The number of hydrogen-bond donors (Lipinski definition) is 0. The molecule has 0 aromatic carbocycles. The third-order valence-electron chi connectivity index (χ3n) is 1.94. The summed E-state index contributed by atoms with van der Waals surface area (Å²) in [7, 11) is -2.71. The van der Waals surface area contributed by atoms with Crippen LogP contribution in [0.5, 0.6) is 0 Å². The molecule has 1 heterocycles. The first-order valence-corrected chi connectivity index (χ1v) is 7.52. The Morgan fingerprint density at radius 2 is 2.06 bits per heavy atom. The number of sulfonamides is 1. The van der Waals surface area contributed by atoms with Crippen LogP contribution in [0.2, 0.25) is 0 Å². The molecule has 0 spiro atoms. The van der Waals surface area contributed by atoms with Gasteiger partial charge in [-0.2, -0.15) is 17.5 Å². The maximum Gasteiger partial charge on any atom is 0.390 e. The Kier molecular flexibility index (Phi) is 4.61.